The van der Waals surface area contributed by atoms with Crippen LogP contribution in [0.15, 0.2) is 30.5 Å². The predicted molar refractivity (Wildman–Crippen MR) is 69.5 cm³/mol. The molecule has 2 nitrogen and oxygen atoms in total. The zero-order valence-electron chi connectivity index (χ0n) is 10.0. The zero-order chi connectivity index (χ0) is 11.5. The molecule has 84 valence electrons. The molecule has 0 unspecified atom stereocenters. The number of nitrogens with zero attached hydrogens (tertiary/aromatic N) is 1. The molecule has 0 fully saturated rings. The predicted octanol–water partition coefficient (Wildman–Crippen LogP) is 1.32. The van der Waals surface area contributed by atoms with E-state index in [-0.39, 0.29) is 0 Å². The molecule has 1 N–H and O–H groups in total. The molecular formula is C13H18N2S+2. The van der Waals surface area contributed by atoms with E-state index in [0.717, 1.165) is 6.54 Å². The molecule has 1 heterocycles. The van der Waals surface area contributed by atoms with Gasteiger partial charge in [-0.05, 0) is 13.0 Å². The van der Waals surface area contributed by atoms with E-state index in [4.69, 9.17) is 0 Å². The first kappa shape index (κ1) is 11.3. The number of thiazole rings is 1. The Balaban J connectivity index is 2.52. The van der Waals surface area contributed by atoms with Gasteiger partial charge in [0.2, 0.25) is 5.52 Å². The molecule has 0 saturated carbocycles. The second-order valence-corrected chi connectivity index (χ2v) is 5.13. The maximum absolute atomic E-state index is 2.36. The van der Waals surface area contributed by atoms with E-state index in [1.54, 1.807) is 0 Å². The lowest BCUT2D eigenvalue weighted by Gasteiger charge is -1.95. The Hall–Kier alpha value is -1.19. The molecule has 2 rings (SSSR count). The molecule has 16 heavy (non-hydrogen) atoms. The van der Waals surface area contributed by atoms with Gasteiger partial charge in [0.05, 0.1) is 20.2 Å². The molecular weight excluding hydrogens is 216 g/mol. The van der Waals surface area contributed by atoms with Crippen LogP contribution in [0.5, 0.6) is 0 Å². The molecule has 0 bridgehead atoms. The fourth-order valence-corrected chi connectivity index (χ4v) is 2.87. The largest absolute Gasteiger partial charge is 0.313 e. The first-order chi connectivity index (χ1) is 7.72. The highest BCUT2D eigenvalue weighted by atomic mass is 32.1. The molecule has 0 aliphatic carbocycles. The molecule has 0 atom stereocenters. The standard InChI is InChI=1S/C13H17N2S/c1-4-15-11-7-5-6-8-12(11)16-13(15)9-10-14(2)3/h5-10H,4H2,1-3H3/q+1/p+1. The van der Waals surface area contributed by atoms with Crippen molar-refractivity contribution in [3.63, 3.8) is 0 Å². The Labute approximate surface area is 100 Å². The number of hydrogen-bond acceptors (Lipinski definition) is 1. The van der Waals surface area contributed by atoms with Crippen LogP contribution < -0.4 is 9.47 Å². The summed E-state index contributed by atoms with van der Waals surface area (Å²) in [6, 6.07) is 8.58. The number of fused-ring (bicyclic) bond motifs is 1. The van der Waals surface area contributed by atoms with Crippen LogP contribution in [0, 0.1) is 0 Å². The fraction of sp³-hybridized carbons (Fsp3) is 0.308. The van der Waals surface area contributed by atoms with Crippen molar-refractivity contribution in [1.82, 2.24) is 0 Å². The van der Waals surface area contributed by atoms with Gasteiger partial charge >= 0.3 is 0 Å². The summed E-state index contributed by atoms with van der Waals surface area (Å²) < 4.78 is 3.72. The second kappa shape index (κ2) is 4.76. The third-order valence-corrected chi connectivity index (χ3v) is 3.64. The number of quaternary nitrogens is 1. The quantitative estimate of drug-likeness (QED) is 0.767. The lowest BCUT2D eigenvalue weighted by molar-refractivity contribution is -0.800. The second-order valence-electron chi connectivity index (χ2n) is 4.06. The summed E-state index contributed by atoms with van der Waals surface area (Å²) in [5, 5.41) is 1.32. The number of para-hydroxylation sites is 1. The Morgan fingerprint density at radius 3 is 2.75 bits per heavy atom. The average Bonchev–Trinajstić information content (AvgIpc) is 2.63. The van der Waals surface area contributed by atoms with Gasteiger partial charge in [0.25, 0.3) is 5.01 Å². The summed E-state index contributed by atoms with van der Waals surface area (Å²) in [6.45, 7) is 3.21. The van der Waals surface area contributed by atoms with Crippen LogP contribution in [0.2, 0.25) is 0 Å². The van der Waals surface area contributed by atoms with Gasteiger partial charge in [-0.25, -0.2) is 0 Å². The number of hydrogen-bond donors (Lipinski definition) is 1. The Kier molecular flexibility index (Phi) is 3.36. The molecule has 2 aromatic rings. The number of aryl methyl sites for hydroxylation is 1. The molecule has 0 aliphatic rings. The lowest BCUT2D eigenvalue weighted by Crippen LogP contribution is -3.00. The van der Waals surface area contributed by atoms with E-state index < -0.39 is 0 Å². The van der Waals surface area contributed by atoms with Crippen LogP contribution in [0.3, 0.4) is 0 Å². The molecule has 0 saturated heterocycles. The maximum atomic E-state index is 2.36. The van der Waals surface area contributed by atoms with Gasteiger partial charge in [-0.15, -0.1) is 0 Å². The summed E-state index contributed by atoms with van der Waals surface area (Å²) in [4.78, 5) is 1.33. The average molecular weight is 234 g/mol. The van der Waals surface area contributed by atoms with Gasteiger partial charge in [-0.2, -0.15) is 4.57 Å². The van der Waals surface area contributed by atoms with Crippen molar-refractivity contribution < 1.29 is 9.47 Å². The third kappa shape index (κ3) is 2.15. The van der Waals surface area contributed by atoms with Crippen molar-refractivity contribution in [2.75, 3.05) is 14.1 Å². The van der Waals surface area contributed by atoms with Crippen LogP contribution in [0.4, 0.5) is 0 Å². The minimum absolute atomic E-state index is 1.02. The smallest absolute Gasteiger partial charge is 0.268 e. The van der Waals surface area contributed by atoms with E-state index in [0.29, 0.717) is 0 Å². The van der Waals surface area contributed by atoms with Crippen molar-refractivity contribution >= 4 is 27.6 Å². The van der Waals surface area contributed by atoms with Crippen molar-refractivity contribution in [1.29, 1.82) is 0 Å². The van der Waals surface area contributed by atoms with Crippen molar-refractivity contribution in [3.05, 3.63) is 35.5 Å². The highest BCUT2D eigenvalue weighted by Crippen LogP contribution is 2.20. The van der Waals surface area contributed by atoms with E-state index in [1.165, 1.54) is 20.1 Å². The van der Waals surface area contributed by atoms with Crippen LogP contribution in [-0.4, -0.2) is 14.1 Å². The summed E-state index contributed by atoms with van der Waals surface area (Å²) in [5.74, 6) is 0. The number of rotatable bonds is 3. The number of aromatic nitrogens is 1. The molecule has 0 aliphatic heterocycles. The third-order valence-electron chi connectivity index (χ3n) is 2.51. The first-order valence-electron chi connectivity index (χ1n) is 5.62. The summed E-state index contributed by atoms with van der Waals surface area (Å²) in [6.07, 6.45) is 4.39. The van der Waals surface area contributed by atoms with E-state index in [9.17, 15) is 0 Å². The van der Waals surface area contributed by atoms with Crippen LogP contribution in [0.1, 0.15) is 11.9 Å². The Morgan fingerprint density at radius 2 is 2.06 bits per heavy atom. The van der Waals surface area contributed by atoms with E-state index in [1.807, 2.05) is 11.3 Å². The first-order valence-corrected chi connectivity index (χ1v) is 6.43. The minimum Gasteiger partial charge on any atom is -0.313 e. The van der Waals surface area contributed by atoms with Crippen molar-refractivity contribution in [2.45, 2.75) is 13.5 Å². The fourth-order valence-electron chi connectivity index (χ4n) is 1.74. The lowest BCUT2D eigenvalue weighted by atomic mass is 10.3. The van der Waals surface area contributed by atoms with Gasteiger partial charge in [-0.1, -0.05) is 23.5 Å². The number of nitrogens with one attached hydrogen (secondary N) is 1. The molecule has 0 radical (unpaired) electrons. The van der Waals surface area contributed by atoms with Crippen molar-refractivity contribution in [3.8, 4) is 0 Å². The van der Waals surface area contributed by atoms with Gasteiger partial charge in [0, 0.05) is 6.07 Å². The summed E-state index contributed by atoms with van der Waals surface area (Å²) in [5.41, 5.74) is 1.34. The van der Waals surface area contributed by atoms with Crippen LogP contribution in [0.25, 0.3) is 16.3 Å². The highest BCUT2D eigenvalue weighted by Gasteiger charge is 2.16. The van der Waals surface area contributed by atoms with Crippen LogP contribution >= 0.6 is 11.3 Å². The van der Waals surface area contributed by atoms with E-state index in [2.05, 4.69) is 62.1 Å². The Bertz CT molecular complexity index is 512. The van der Waals surface area contributed by atoms with E-state index >= 15 is 0 Å². The number of benzene rings is 1. The van der Waals surface area contributed by atoms with Gasteiger partial charge < -0.3 is 4.90 Å². The van der Waals surface area contributed by atoms with Crippen molar-refractivity contribution in [2.24, 2.45) is 0 Å². The maximum Gasteiger partial charge on any atom is 0.268 e. The molecule has 3 heteroatoms. The Morgan fingerprint density at radius 1 is 1.31 bits per heavy atom. The SMILES string of the molecule is CC[n+]1c(/C=C/[NH+](C)C)sc2ccccc21. The van der Waals surface area contributed by atoms with Gasteiger partial charge in [0.1, 0.15) is 17.4 Å². The molecule has 1 aromatic heterocycles. The monoisotopic (exact) mass is 234 g/mol. The molecule has 0 spiro atoms. The minimum atomic E-state index is 1.02. The molecule has 1 aromatic carbocycles. The molecule has 0 amide bonds. The topological polar surface area (TPSA) is 8.32 Å². The summed E-state index contributed by atoms with van der Waals surface area (Å²) >= 11 is 1.85. The zero-order valence-corrected chi connectivity index (χ0v) is 10.8. The highest BCUT2D eigenvalue weighted by molar-refractivity contribution is 7.18. The van der Waals surface area contributed by atoms with Gasteiger partial charge in [-0.3, -0.25) is 0 Å². The normalized spacial score (nSPS) is 12.0. The van der Waals surface area contributed by atoms with Crippen LogP contribution in [-0.2, 0) is 6.54 Å². The van der Waals surface area contributed by atoms with Gasteiger partial charge in [0.15, 0.2) is 0 Å². The summed E-state index contributed by atoms with van der Waals surface area (Å²) in [7, 11) is 4.25.